The molecule has 26 heavy (non-hydrogen) atoms. The van der Waals surface area contributed by atoms with Crippen LogP contribution in [0.1, 0.15) is 24.0 Å². The third kappa shape index (κ3) is 3.16. The lowest BCUT2D eigenvalue weighted by Crippen LogP contribution is -2.44. The number of imidazole rings is 1. The van der Waals surface area contributed by atoms with Crippen molar-refractivity contribution in [3.05, 3.63) is 65.0 Å². The molecule has 0 unspecified atom stereocenters. The fourth-order valence-corrected chi connectivity index (χ4v) is 3.67. The van der Waals surface area contributed by atoms with Crippen molar-refractivity contribution in [2.75, 3.05) is 18.0 Å². The second-order valence-corrected chi connectivity index (χ2v) is 7.12. The Labute approximate surface area is 153 Å². The first-order valence-electron chi connectivity index (χ1n) is 9.08. The highest BCUT2D eigenvalue weighted by Crippen LogP contribution is 2.27. The number of anilines is 1. The predicted octanol–water partition coefficient (Wildman–Crippen LogP) is 3.87. The molecule has 0 aliphatic carbocycles. The van der Waals surface area contributed by atoms with E-state index in [1.807, 2.05) is 24.3 Å². The van der Waals surface area contributed by atoms with Crippen LogP contribution >= 0.6 is 0 Å². The molecule has 132 valence electrons. The van der Waals surface area contributed by atoms with E-state index < -0.39 is 0 Å². The fourth-order valence-electron chi connectivity index (χ4n) is 3.67. The van der Waals surface area contributed by atoms with Crippen molar-refractivity contribution in [2.45, 2.75) is 32.4 Å². The maximum atomic E-state index is 7.12. The number of piperidine rings is 1. The SMILES string of the molecule is [C-]#[N+]c1ccc(Cn2c(N3CCC[C@@H](N)C3)nc3cc(C)ccc32)cc1. The summed E-state index contributed by atoms with van der Waals surface area (Å²) < 4.78 is 2.28. The third-order valence-electron chi connectivity index (χ3n) is 5.03. The standard InChI is InChI=1S/C21H23N5/c1-15-5-10-20-19(12-15)24-21(25-11-3-4-17(22)14-25)26(20)13-16-6-8-18(23-2)9-7-16/h5-10,12,17H,3-4,11,13-14,22H2,1H3/t17-/m1/s1. The van der Waals surface area contributed by atoms with Gasteiger partial charge in [0.25, 0.3) is 0 Å². The number of aryl methyl sites for hydroxylation is 1. The van der Waals surface area contributed by atoms with E-state index >= 15 is 0 Å². The van der Waals surface area contributed by atoms with Crippen molar-refractivity contribution in [1.82, 2.24) is 9.55 Å². The molecule has 1 aliphatic heterocycles. The third-order valence-corrected chi connectivity index (χ3v) is 5.03. The molecule has 2 N–H and O–H groups in total. The molecule has 3 aromatic rings. The molecule has 0 bridgehead atoms. The van der Waals surface area contributed by atoms with Gasteiger partial charge in [-0.25, -0.2) is 9.83 Å². The second kappa shape index (κ2) is 6.81. The Morgan fingerprint density at radius 2 is 2.04 bits per heavy atom. The Morgan fingerprint density at radius 3 is 2.77 bits per heavy atom. The lowest BCUT2D eigenvalue weighted by atomic mass is 10.1. The molecule has 0 radical (unpaired) electrons. The van der Waals surface area contributed by atoms with Crippen LogP contribution in [0.25, 0.3) is 15.9 Å². The molecule has 5 heteroatoms. The van der Waals surface area contributed by atoms with Crippen molar-refractivity contribution in [3.63, 3.8) is 0 Å². The van der Waals surface area contributed by atoms with E-state index in [1.165, 1.54) is 11.1 Å². The molecule has 4 rings (SSSR count). The van der Waals surface area contributed by atoms with Crippen LogP contribution in [0.4, 0.5) is 11.6 Å². The monoisotopic (exact) mass is 345 g/mol. The summed E-state index contributed by atoms with van der Waals surface area (Å²) in [5.41, 5.74) is 11.4. The van der Waals surface area contributed by atoms with Gasteiger partial charge in [-0.3, -0.25) is 0 Å². The zero-order valence-electron chi connectivity index (χ0n) is 15.0. The Bertz CT molecular complexity index is 964. The van der Waals surface area contributed by atoms with Crippen molar-refractivity contribution in [1.29, 1.82) is 0 Å². The summed E-state index contributed by atoms with van der Waals surface area (Å²) in [5.74, 6) is 0.995. The van der Waals surface area contributed by atoms with Gasteiger partial charge in [0.15, 0.2) is 5.69 Å². The maximum absolute atomic E-state index is 7.12. The summed E-state index contributed by atoms with van der Waals surface area (Å²) in [4.78, 5) is 10.7. The van der Waals surface area contributed by atoms with Crippen LogP contribution in [-0.4, -0.2) is 28.7 Å². The van der Waals surface area contributed by atoms with Crippen LogP contribution in [0.15, 0.2) is 42.5 Å². The van der Waals surface area contributed by atoms with Gasteiger partial charge in [0.2, 0.25) is 5.95 Å². The zero-order chi connectivity index (χ0) is 18.1. The van der Waals surface area contributed by atoms with E-state index in [1.54, 1.807) is 0 Å². The van der Waals surface area contributed by atoms with Crippen molar-refractivity contribution in [2.24, 2.45) is 5.73 Å². The van der Waals surface area contributed by atoms with E-state index in [0.29, 0.717) is 5.69 Å². The van der Waals surface area contributed by atoms with E-state index in [-0.39, 0.29) is 6.04 Å². The first kappa shape index (κ1) is 16.6. The smallest absolute Gasteiger partial charge is 0.206 e. The van der Waals surface area contributed by atoms with Crippen LogP contribution in [-0.2, 0) is 6.54 Å². The maximum Gasteiger partial charge on any atom is 0.206 e. The Morgan fingerprint density at radius 1 is 1.23 bits per heavy atom. The number of aromatic nitrogens is 2. The minimum Gasteiger partial charge on any atom is -0.341 e. The highest BCUT2D eigenvalue weighted by molar-refractivity contribution is 5.80. The molecule has 1 fully saturated rings. The number of fused-ring (bicyclic) bond motifs is 1. The van der Waals surface area contributed by atoms with Crippen LogP contribution < -0.4 is 10.6 Å². The summed E-state index contributed by atoms with van der Waals surface area (Å²) in [6.45, 7) is 11.8. The molecule has 2 aromatic carbocycles. The van der Waals surface area contributed by atoms with Crippen molar-refractivity contribution in [3.8, 4) is 0 Å². The number of nitrogens with zero attached hydrogens (tertiary/aromatic N) is 4. The van der Waals surface area contributed by atoms with Crippen LogP contribution in [0, 0.1) is 13.5 Å². The predicted molar refractivity (Wildman–Crippen MR) is 106 cm³/mol. The van der Waals surface area contributed by atoms with E-state index in [0.717, 1.165) is 49.5 Å². The lowest BCUT2D eigenvalue weighted by molar-refractivity contribution is 0.495. The molecule has 2 heterocycles. The number of rotatable bonds is 3. The van der Waals surface area contributed by atoms with E-state index in [2.05, 4.69) is 39.4 Å². The van der Waals surface area contributed by atoms with Crippen molar-refractivity contribution < 1.29 is 0 Å². The Kier molecular flexibility index (Phi) is 4.36. The summed E-state index contributed by atoms with van der Waals surface area (Å²) in [6.07, 6.45) is 2.18. The van der Waals surface area contributed by atoms with Crippen LogP contribution in [0.2, 0.25) is 0 Å². The largest absolute Gasteiger partial charge is 0.341 e. The number of hydrogen-bond acceptors (Lipinski definition) is 3. The van der Waals surface area contributed by atoms with E-state index in [4.69, 9.17) is 17.3 Å². The first-order chi connectivity index (χ1) is 12.6. The molecule has 1 aliphatic rings. The summed E-state index contributed by atoms with van der Waals surface area (Å²) in [7, 11) is 0. The molecule has 5 nitrogen and oxygen atoms in total. The quantitative estimate of drug-likeness (QED) is 0.733. The zero-order valence-corrected chi connectivity index (χ0v) is 15.0. The minimum atomic E-state index is 0.205. The van der Waals surface area contributed by atoms with Gasteiger partial charge in [-0.2, -0.15) is 0 Å². The average Bonchev–Trinajstić information content (AvgIpc) is 3.00. The molecular weight excluding hydrogens is 322 g/mol. The number of hydrogen-bond donors (Lipinski definition) is 1. The fraction of sp³-hybridized carbons (Fsp3) is 0.333. The summed E-state index contributed by atoms with van der Waals surface area (Å²) in [6, 6.07) is 14.4. The van der Waals surface area contributed by atoms with Gasteiger partial charge >= 0.3 is 0 Å². The van der Waals surface area contributed by atoms with Gasteiger partial charge < -0.3 is 15.2 Å². The molecule has 0 saturated carbocycles. The highest BCUT2D eigenvalue weighted by atomic mass is 15.3. The topological polar surface area (TPSA) is 51.4 Å². The Hall–Kier alpha value is -2.84. The van der Waals surface area contributed by atoms with Crippen LogP contribution in [0.5, 0.6) is 0 Å². The van der Waals surface area contributed by atoms with Gasteiger partial charge in [0.1, 0.15) is 0 Å². The molecule has 0 amide bonds. The normalized spacial score (nSPS) is 17.4. The first-order valence-corrected chi connectivity index (χ1v) is 9.08. The van der Waals surface area contributed by atoms with Crippen LogP contribution in [0.3, 0.4) is 0 Å². The number of benzene rings is 2. The Balaban J connectivity index is 1.77. The molecule has 0 spiro atoms. The van der Waals surface area contributed by atoms with Gasteiger partial charge in [-0.15, -0.1) is 0 Å². The van der Waals surface area contributed by atoms with Gasteiger partial charge in [-0.05, 0) is 43.0 Å². The molecule has 1 aromatic heterocycles. The second-order valence-electron chi connectivity index (χ2n) is 7.12. The van der Waals surface area contributed by atoms with Gasteiger partial charge in [-0.1, -0.05) is 30.3 Å². The molecular formula is C21H23N5. The van der Waals surface area contributed by atoms with E-state index in [9.17, 15) is 0 Å². The average molecular weight is 345 g/mol. The summed E-state index contributed by atoms with van der Waals surface area (Å²) >= 11 is 0. The highest BCUT2D eigenvalue weighted by Gasteiger charge is 2.22. The number of nitrogens with two attached hydrogens (primary N) is 1. The van der Waals surface area contributed by atoms with Crippen molar-refractivity contribution >= 4 is 22.7 Å². The molecule has 1 atom stereocenters. The van der Waals surface area contributed by atoms with Gasteiger partial charge in [0.05, 0.1) is 24.2 Å². The minimum absolute atomic E-state index is 0.205. The summed E-state index contributed by atoms with van der Waals surface area (Å²) in [5, 5.41) is 0. The lowest BCUT2D eigenvalue weighted by Gasteiger charge is -2.32. The van der Waals surface area contributed by atoms with Gasteiger partial charge in [0, 0.05) is 19.1 Å². The molecule has 1 saturated heterocycles.